The number of amides is 1. The van der Waals surface area contributed by atoms with Gasteiger partial charge in [0.15, 0.2) is 0 Å². The Kier molecular flexibility index (Phi) is 6.94. The maximum Gasteiger partial charge on any atom is 0.266 e. The van der Waals surface area contributed by atoms with Crippen molar-refractivity contribution in [1.82, 2.24) is 0 Å². The molecule has 4 aromatic rings. The molecular weight excluding hydrogens is 474 g/mol. The summed E-state index contributed by atoms with van der Waals surface area (Å²) in [7, 11) is 0. The van der Waals surface area contributed by atoms with Gasteiger partial charge in [0.05, 0.1) is 4.91 Å². The Bertz CT molecular complexity index is 1330. The van der Waals surface area contributed by atoms with E-state index in [0.29, 0.717) is 16.5 Å². The second-order valence-corrected chi connectivity index (χ2v) is 9.94. The number of nitrogens with zero attached hydrogens (tertiary/aromatic N) is 1. The van der Waals surface area contributed by atoms with Gasteiger partial charge in [0, 0.05) is 10.7 Å². The molecule has 4 aromatic carbocycles. The third-order valence-corrected chi connectivity index (χ3v) is 7.30. The van der Waals surface area contributed by atoms with E-state index in [1.54, 1.807) is 11.8 Å². The van der Waals surface area contributed by atoms with Gasteiger partial charge in [0.25, 0.3) is 5.91 Å². The lowest BCUT2D eigenvalue weighted by molar-refractivity contribution is -0.114. The molecule has 0 radical (unpaired) electrons. The zero-order chi connectivity index (χ0) is 24.2. The first kappa shape index (κ1) is 23.3. The van der Waals surface area contributed by atoms with Crippen molar-refractivity contribution in [2.24, 2.45) is 0 Å². The molecule has 0 N–H and O–H groups in total. The summed E-state index contributed by atoms with van der Waals surface area (Å²) in [4.78, 5) is 16.1. The summed E-state index contributed by atoms with van der Waals surface area (Å²) < 4.78 is 5.90. The van der Waals surface area contributed by atoms with Gasteiger partial charge < -0.3 is 4.74 Å². The highest BCUT2D eigenvalue weighted by Gasteiger charge is 2.38. The van der Waals surface area contributed by atoms with Crippen LogP contribution in [0.25, 0.3) is 6.08 Å². The van der Waals surface area contributed by atoms with Crippen LogP contribution in [0.4, 0.5) is 5.69 Å². The van der Waals surface area contributed by atoms with Crippen LogP contribution >= 0.6 is 23.4 Å². The number of hydrogen-bond acceptors (Lipinski definition) is 3. The van der Waals surface area contributed by atoms with E-state index in [4.69, 9.17) is 16.3 Å². The van der Waals surface area contributed by atoms with Crippen molar-refractivity contribution in [3.63, 3.8) is 0 Å². The number of anilines is 1. The van der Waals surface area contributed by atoms with Gasteiger partial charge in [-0.3, -0.25) is 9.69 Å². The van der Waals surface area contributed by atoms with E-state index in [-0.39, 0.29) is 11.3 Å². The fourth-order valence-electron chi connectivity index (χ4n) is 3.90. The van der Waals surface area contributed by atoms with Gasteiger partial charge in [-0.05, 0) is 66.1 Å². The van der Waals surface area contributed by atoms with E-state index in [0.717, 1.165) is 33.7 Å². The average Bonchev–Trinajstić information content (AvgIpc) is 3.21. The maximum absolute atomic E-state index is 13.6. The molecule has 1 aliphatic rings. The van der Waals surface area contributed by atoms with Crippen molar-refractivity contribution in [3.8, 4) is 5.75 Å². The smallest absolute Gasteiger partial charge is 0.266 e. The number of thioether (sulfide) groups is 1. The molecule has 0 bridgehead atoms. The van der Waals surface area contributed by atoms with Gasteiger partial charge in [-0.15, -0.1) is 0 Å². The van der Waals surface area contributed by atoms with E-state index in [9.17, 15) is 4.79 Å². The molecule has 0 saturated carbocycles. The van der Waals surface area contributed by atoms with E-state index >= 15 is 0 Å². The van der Waals surface area contributed by atoms with E-state index in [1.807, 2.05) is 121 Å². The first-order chi connectivity index (χ1) is 17.1. The van der Waals surface area contributed by atoms with E-state index in [1.165, 1.54) is 0 Å². The Morgan fingerprint density at radius 3 is 2.26 bits per heavy atom. The second-order valence-electron chi connectivity index (χ2n) is 8.38. The van der Waals surface area contributed by atoms with Crippen LogP contribution in [0.15, 0.2) is 108 Å². The number of carbonyl (C=O) groups excluding carboxylic acids is 1. The first-order valence-electron chi connectivity index (χ1n) is 11.4. The summed E-state index contributed by atoms with van der Waals surface area (Å²) >= 11 is 7.67. The predicted octanol–water partition coefficient (Wildman–Crippen LogP) is 8.05. The third-order valence-electron chi connectivity index (χ3n) is 5.80. The standard InChI is InChI=1S/C30H24ClNO2S/c1-21-7-15-26(16-8-21)32-29(33)28(35-30(32)24-11-13-25(31)14-12-24)19-22-9-17-27(18-10-22)34-20-23-5-3-2-4-6-23/h2-19,30H,20H2,1H3/b28-19+. The lowest BCUT2D eigenvalue weighted by Gasteiger charge is -2.24. The molecule has 174 valence electrons. The number of halogens is 1. The molecule has 1 unspecified atom stereocenters. The highest BCUT2D eigenvalue weighted by molar-refractivity contribution is 8.05. The molecule has 1 fully saturated rings. The number of hydrogen-bond donors (Lipinski definition) is 0. The summed E-state index contributed by atoms with van der Waals surface area (Å²) in [6, 6.07) is 33.7. The Hall–Kier alpha value is -3.47. The normalized spacial score (nSPS) is 16.6. The molecule has 5 rings (SSSR count). The minimum Gasteiger partial charge on any atom is -0.489 e. The lowest BCUT2D eigenvalue weighted by atomic mass is 10.1. The van der Waals surface area contributed by atoms with Crippen molar-refractivity contribution in [2.75, 3.05) is 4.90 Å². The summed E-state index contributed by atoms with van der Waals surface area (Å²) in [6.07, 6.45) is 1.95. The predicted molar refractivity (Wildman–Crippen MR) is 146 cm³/mol. The number of ether oxygens (including phenoxy) is 1. The van der Waals surface area contributed by atoms with Crippen LogP contribution < -0.4 is 9.64 Å². The second kappa shape index (κ2) is 10.4. The molecule has 35 heavy (non-hydrogen) atoms. The third kappa shape index (κ3) is 5.45. The SMILES string of the molecule is Cc1ccc(N2C(=O)/C(=C\c3ccc(OCc4ccccc4)cc3)SC2c2ccc(Cl)cc2)cc1. The molecular formula is C30H24ClNO2S. The molecule has 0 aliphatic carbocycles. The number of rotatable bonds is 6. The van der Waals surface area contributed by atoms with Crippen LogP contribution in [-0.2, 0) is 11.4 Å². The summed E-state index contributed by atoms with van der Waals surface area (Å²) in [5, 5.41) is 0.512. The minimum absolute atomic E-state index is 0.0109. The Labute approximate surface area is 215 Å². The van der Waals surface area contributed by atoms with Crippen molar-refractivity contribution in [3.05, 3.63) is 135 Å². The van der Waals surface area contributed by atoms with E-state index < -0.39 is 0 Å². The fraction of sp³-hybridized carbons (Fsp3) is 0.100. The summed E-state index contributed by atoms with van der Waals surface area (Å²) in [5.41, 5.74) is 5.13. The molecule has 0 aromatic heterocycles. The quantitative estimate of drug-likeness (QED) is 0.252. The van der Waals surface area contributed by atoms with Crippen LogP contribution in [-0.4, -0.2) is 5.91 Å². The Morgan fingerprint density at radius 1 is 0.886 bits per heavy atom. The highest BCUT2D eigenvalue weighted by atomic mass is 35.5. The molecule has 1 amide bonds. The van der Waals surface area contributed by atoms with Gasteiger partial charge in [0.1, 0.15) is 17.7 Å². The van der Waals surface area contributed by atoms with Gasteiger partial charge in [-0.25, -0.2) is 0 Å². The van der Waals surface area contributed by atoms with Crippen molar-refractivity contribution < 1.29 is 9.53 Å². The van der Waals surface area contributed by atoms with Crippen LogP contribution in [0.1, 0.15) is 27.6 Å². The maximum atomic E-state index is 13.6. The monoisotopic (exact) mass is 497 g/mol. The van der Waals surface area contributed by atoms with Crippen molar-refractivity contribution in [2.45, 2.75) is 18.9 Å². The van der Waals surface area contributed by atoms with Gasteiger partial charge in [0.2, 0.25) is 0 Å². The number of aryl methyl sites for hydroxylation is 1. The van der Waals surface area contributed by atoms with Crippen LogP contribution in [0.5, 0.6) is 5.75 Å². The fourth-order valence-corrected chi connectivity index (χ4v) is 5.29. The van der Waals surface area contributed by atoms with Crippen LogP contribution in [0.3, 0.4) is 0 Å². The molecule has 1 heterocycles. The Balaban J connectivity index is 1.38. The zero-order valence-corrected chi connectivity index (χ0v) is 20.8. The molecule has 1 atom stereocenters. The summed E-state index contributed by atoms with van der Waals surface area (Å²) in [6.45, 7) is 2.56. The van der Waals surface area contributed by atoms with Crippen molar-refractivity contribution in [1.29, 1.82) is 0 Å². The number of carbonyl (C=O) groups is 1. The summed E-state index contributed by atoms with van der Waals surface area (Å²) in [5.74, 6) is 0.782. The van der Waals surface area contributed by atoms with E-state index in [2.05, 4.69) is 0 Å². The Morgan fingerprint density at radius 2 is 1.57 bits per heavy atom. The minimum atomic E-state index is -0.165. The van der Waals surface area contributed by atoms with Crippen molar-refractivity contribution >= 4 is 41.0 Å². The molecule has 3 nitrogen and oxygen atoms in total. The van der Waals surface area contributed by atoms with Crippen LogP contribution in [0, 0.1) is 6.92 Å². The highest BCUT2D eigenvalue weighted by Crippen LogP contribution is 2.48. The topological polar surface area (TPSA) is 29.5 Å². The average molecular weight is 498 g/mol. The molecule has 5 heteroatoms. The molecule has 1 saturated heterocycles. The number of benzene rings is 4. The van der Waals surface area contributed by atoms with Gasteiger partial charge in [-0.2, -0.15) is 0 Å². The lowest BCUT2D eigenvalue weighted by Crippen LogP contribution is -2.27. The van der Waals surface area contributed by atoms with Crippen LogP contribution in [0.2, 0.25) is 5.02 Å². The molecule has 0 spiro atoms. The first-order valence-corrected chi connectivity index (χ1v) is 12.6. The zero-order valence-electron chi connectivity index (χ0n) is 19.2. The molecule has 1 aliphatic heterocycles. The largest absolute Gasteiger partial charge is 0.489 e. The van der Waals surface area contributed by atoms with Gasteiger partial charge >= 0.3 is 0 Å². The van der Waals surface area contributed by atoms with Gasteiger partial charge in [-0.1, -0.05) is 95.7 Å².